The summed E-state index contributed by atoms with van der Waals surface area (Å²) in [5.41, 5.74) is 10.5. The van der Waals surface area contributed by atoms with E-state index in [0.717, 1.165) is 12.5 Å². The summed E-state index contributed by atoms with van der Waals surface area (Å²) in [7, 11) is 2.22. The Morgan fingerprint density at radius 2 is 2.00 bits per heavy atom. The SMILES string of the molecule is CCCC1CCC(N)C(CN(C)c2ccc(C)cc2C)C1. The van der Waals surface area contributed by atoms with Gasteiger partial charge in [0.15, 0.2) is 0 Å². The predicted octanol–water partition coefficient (Wildman–Crippen LogP) is 4.28. The highest BCUT2D eigenvalue weighted by Crippen LogP contribution is 2.32. The molecule has 2 rings (SSSR count). The van der Waals surface area contributed by atoms with Crippen LogP contribution in [0.5, 0.6) is 0 Å². The monoisotopic (exact) mass is 288 g/mol. The Morgan fingerprint density at radius 3 is 2.67 bits per heavy atom. The molecule has 0 aromatic heterocycles. The molecule has 0 spiro atoms. The fourth-order valence-corrected chi connectivity index (χ4v) is 3.95. The molecule has 1 fully saturated rings. The molecule has 1 aliphatic rings. The molecule has 2 N–H and O–H groups in total. The molecule has 1 saturated carbocycles. The van der Waals surface area contributed by atoms with Crippen LogP contribution in [0, 0.1) is 25.7 Å². The molecule has 2 nitrogen and oxygen atoms in total. The van der Waals surface area contributed by atoms with Crippen LogP contribution in [-0.2, 0) is 0 Å². The van der Waals surface area contributed by atoms with Gasteiger partial charge in [0, 0.05) is 25.3 Å². The van der Waals surface area contributed by atoms with Crippen molar-refractivity contribution in [1.82, 2.24) is 0 Å². The average molecular weight is 288 g/mol. The normalized spacial score (nSPS) is 25.9. The Bertz CT molecular complexity index is 455. The standard InChI is InChI=1S/C19H32N2/c1-5-6-16-8-9-18(20)17(12-16)13-21(4)19-10-7-14(2)11-15(19)3/h7,10-11,16-18H,5-6,8-9,12-13,20H2,1-4H3. The van der Waals surface area contributed by atoms with Crippen LogP contribution in [0.25, 0.3) is 0 Å². The van der Waals surface area contributed by atoms with Gasteiger partial charge in [-0.1, -0.05) is 37.5 Å². The maximum Gasteiger partial charge on any atom is 0.0393 e. The van der Waals surface area contributed by atoms with E-state index in [-0.39, 0.29) is 0 Å². The summed E-state index contributed by atoms with van der Waals surface area (Å²) in [5.74, 6) is 1.54. The van der Waals surface area contributed by atoms with Crippen LogP contribution in [-0.4, -0.2) is 19.6 Å². The number of rotatable bonds is 5. The minimum atomic E-state index is 0.381. The van der Waals surface area contributed by atoms with Crippen molar-refractivity contribution in [3.8, 4) is 0 Å². The lowest BCUT2D eigenvalue weighted by Gasteiger charge is -2.37. The molecule has 2 heteroatoms. The number of hydrogen-bond acceptors (Lipinski definition) is 2. The molecule has 1 aliphatic carbocycles. The fraction of sp³-hybridized carbons (Fsp3) is 0.684. The van der Waals surface area contributed by atoms with Crippen molar-refractivity contribution < 1.29 is 0 Å². The van der Waals surface area contributed by atoms with Gasteiger partial charge in [-0.05, 0) is 56.6 Å². The molecule has 0 heterocycles. The van der Waals surface area contributed by atoms with Crippen LogP contribution in [0.1, 0.15) is 50.2 Å². The Morgan fingerprint density at radius 1 is 1.24 bits per heavy atom. The molecule has 0 radical (unpaired) electrons. The molecule has 0 amide bonds. The molecule has 1 aromatic carbocycles. The molecular formula is C19H32N2. The van der Waals surface area contributed by atoms with Gasteiger partial charge in [0.25, 0.3) is 0 Å². The van der Waals surface area contributed by atoms with E-state index in [1.807, 2.05) is 0 Å². The quantitative estimate of drug-likeness (QED) is 0.876. The Kier molecular flexibility index (Phi) is 5.69. The van der Waals surface area contributed by atoms with Crippen molar-refractivity contribution in [1.29, 1.82) is 0 Å². The van der Waals surface area contributed by atoms with Crippen LogP contribution >= 0.6 is 0 Å². The van der Waals surface area contributed by atoms with E-state index in [0.29, 0.717) is 12.0 Å². The van der Waals surface area contributed by atoms with Crippen LogP contribution < -0.4 is 10.6 Å². The van der Waals surface area contributed by atoms with E-state index in [1.165, 1.54) is 48.9 Å². The van der Waals surface area contributed by atoms with Gasteiger partial charge in [-0.2, -0.15) is 0 Å². The first-order valence-corrected chi connectivity index (χ1v) is 8.55. The highest BCUT2D eigenvalue weighted by atomic mass is 15.1. The predicted molar refractivity (Wildman–Crippen MR) is 92.9 cm³/mol. The zero-order valence-electron chi connectivity index (χ0n) is 14.2. The van der Waals surface area contributed by atoms with E-state index in [2.05, 4.69) is 50.9 Å². The summed E-state index contributed by atoms with van der Waals surface area (Å²) in [6.45, 7) is 7.75. The number of anilines is 1. The first-order chi connectivity index (χ1) is 10.0. The summed E-state index contributed by atoms with van der Waals surface area (Å²) >= 11 is 0. The van der Waals surface area contributed by atoms with Crippen LogP contribution in [0.4, 0.5) is 5.69 Å². The highest BCUT2D eigenvalue weighted by molar-refractivity contribution is 5.53. The Hall–Kier alpha value is -1.02. The van der Waals surface area contributed by atoms with Gasteiger partial charge < -0.3 is 10.6 Å². The lowest BCUT2D eigenvalue weighted by molar-refractivity contribution is 0.226. The second kappa shape index (κ2) is 7.31. The van der Waals surface area contributed by atoms with E-state index < -0.39 is 0 Å². The van der Waals surface area contributed by atoms with E-state index in [9.17, 15) is 0 Å². The van der Waals surface area contributed by atoms with Crippen molar-refractivity contribution in [3.05, 3.63) is 29.3 Å². The van der Waals surface area contributed by atoms with Crippen LogP contribution in [0.15, 0.2) is 18.2 Å². The highest BCUT2D eigenvalue weighted by Gasteiger charge is 2.28. The average Bonchev–Trinajstić information content (AvgIpc) is 2.42. The van der Waals surface area contributed by atoms with Crippen molar-refractivity contribution in [2.24, 2.45) is 17.6 Å². The molecule has 3 atom stereocenters. The summed E-state index contributed by atoms with van der Waals surface area (Å²) in [6, 6.07) is 7.11. The number of nitrogens with two attached hydrogens (primary N) is 1. The van der Waals surface area contributed by atoms with Crippen LogP contribution in [0.2, 0.25) is 0 Å². The number of aryl methyl sites for hydroxylation is 2. The summed E-state index contributed by atoms with van der Waals surface area (Å²) in [4.78, 5) is 2.41. The number of nitrogens with zero attached hydrogens (tertiary/aromatic N) is 1. The molecule has 0 saturated heterocycles. The van der Waals surface area contributed by atoms with E-state index in [1.54, 1.807) is 0 Å². The van der Waals surface area contributed by atoms with Gasteiger partial charge in [-0.25, -0.2) is 0 Å². The van der Waals surface area contributed by atoms with Gasteiger partial charge in [0.2, 0.25) is 0 Å². The third kappa shape index (κ3) is 4.23. The lowest BCUT2D eigenvalue weighted by Crippen LogP contribution is -2.42. The maximum atomic E-state index is 6.40. The van der Waals surface area contributed by atoms with Crippen molar-refractivity contribution in [3.63, 3.8) is 0 Å². The molecule has 118 valence electrons. The minimum absolute atomic E-state index is 0.381. The minimum Gasteiger partial charge on any atom is -0.374 e. The summed E-state index contributed by atoms with van der Waals surface area (Å²) < 4.78 is 0. The summed E-state index contributed by atoms with van der Waals surface area (Å²) in [6.07, 6.45) is 6.52. The van der Waals surface area contributed by atoms with Crippen molar-refractivity contribution in [2.75, 3.05) is 18.5 Å². The molecule has 3 unspecified atom stereocenters. The van der Waals surface area contributed by atoms with Crippen molar-refractivity contribution in [2.45, 2.75) is 58.9 Å². The molecule has 0 aliphatic heterocycles. The second-order valence-corrected chi connectivity index (χ2v) is 7.06. The molecule has 1 aromatic rings. The first-order valence-electron chi connectivity index (χ1n) is 8.55. The maximum absolute atomic E-state index is 6.40. The lowest BCUT2D eigenvalue weighted by atomic mass is 9.76. The molecular weight excluding hydrogens is 256 g/mol. The first kappa shape index (κ1) is 16.4. The number of benzene rings is 1. The molecule has 21 heavy (non-hydrogen) atoms. The van der Waals surface area contributed by atoms with Crippen molar-refractivity contribution >= 4 is 5.69 Å². The zero-order valence-corrected chi connectivity index (χ0v) is 14.2. The number of hydrogen-bond donors (Lipinski definition) is 1. The van der Waals surface area contributed by atoms with Gasteiger partial charge in [-0.3, -0.25) is 0 Å². The van der Waals surface area contributed by atoms with Crippen LogP contribution in [0.3, 0.4) is 0 Å². The third-order valence-electron chi connectivity index (χ3n) is 5.12. The Labute approximate surface area is 130 Å². The zero-order chi connectivity index (χ0) is 15.4. The summed E-state index contributed by atoms with van der Waals surface area (Å²) in [5, 5.41) is 0. The van der Waals surface area contributed by atoms with E-state index in [4.69, 9.17) is 5.73 Å². The van der Waals surface area contributed by atoms with E-state index >= 15 is 0 Å². The van der Waals surface area contributed by atoms with Gasteiger partial charge in [0.05, 0.1) is 0 Å². The topological polar surface area (TPSA) is 29.3 Å². The Balaban J connectivity index is 2.01. The molecule has 0 bridgehead atoms. The van der Waals surface area contributed by atoms with Gasteiger partial charge in [0.1, 0.15) is 0 Å². The van der Waals surface area contributed by atoms with Gasteiger partial charge in [-0.15, -0.1) is 0 Å². The smallest absolute Gasteiger partial charge is 0.0393 e. The third-order valence-corrected chi connectivity index (χ3v) is 5.12. The fourth-order valence-electron chi connectivity index (χ4n) is 3.95. The van der Waals surface area contributed by atoms with Gasteiger partial charge >= 0.3 is 0 Å². The second-order valence-electron chi connectivity index (χ2n) is 7.06. The largest absolute Gasteiger partial charge is 0.374 e.